The smallest absolute Gasteiger partial charge is 0.335 e. The lowest BCUT2D eigenvalue weighted by Gasteiger charge is -2.06. The van der Waals surface area contributed by atoms with E-state index >= 15 is 0 Å². The number of carboxylic acids is 1. The molecule has 0 radical (unpaired) electrons. The van der Waals surface area contributed by atoms with Gasteiger partial charge >= 0.3 is 11.9 Å². The SMILES string of the molecule is C[C@H](N)C(=O)Oc1ccc(C(=O)O)cc1. The van der Waals surface area contributed by atoms with E-state index in [1.54, 1.807) is 0 Å². The van der Waals surface area contributed by atoms with Crippen LogP contribution in [0, 0.1) is 0 Å². The molecule has 5 nitrogen and oxygen atoms in total. The molecule has 0 amide bonds. The summed E-state index contributed by atoms with van der Waals surface area (Å²) in [6, 6.07) is 4.82. The van der Waals surface area contributed by atoms with E-state index in [9.17, 15) is 9.59 Å². The molecular formula is C10H11NO4. The minimum atomic E-state index is -1.03. The van der Waals surface area contributed by atoms with E-state index in [4.69, 9.17) is 15.6 Å². The van der Waals surface area contributed by atoms with Gasteiger partial charge in [-0.25, -0.2) is 9.59 Å². The van der Waals surface area contributed by atoms with Crippen LogP contribution in [0.1, 0.15) is 17.3 Å². The Labute approximate surface area is 86.5 Å². The van der Waals surface area contributed by atoms with Crippen LogP contribution in [0.15, 0.2) is 24.3 Å². The lowest BCUT2D eigenvalue weighted by atomic mass is 10.2. The van der Waals surface area contributed by atoms with Gasteiger partial charge in [0.1, 0.15) is 11.8 Å². The van der Waals surface area contributed by atoms with Crippen LogP contribution in [-0.4, -0.2) is 23.1 Å². The van der Waals surface area contributed by atoms with Gasteiger partial charge < -0.3 is 15.6 Å². The Morgan fingerprint density at radius 3 is 2.27 bits per heavy atom. The highest BCUT2D eigenvalue weighted by molar-refractivity contribution is 5.87. The van der Waals surface area contributed by atoms with Gasteiger partial charge in [0.25, 0.3) is 0 Å². The summed E-state index contributed by atoms with van der Waals surface area (Å²) in [5, 5.41) is 8.62. The predicted molar refractivity (Wildman–Crippen MR) is 52.7 cm³/mol. The number of aromatic carboxylic acids is 1. The van der Waals surface area contributed by atoms with Gasteiger partial charge in [-0.1, -0.05) is 0 Å². The Balaban J connectivity index is 2.73. The Morgan fingerprint density at radius 2 is 1.87 bits per heavy atom. The molecule has 0 bridgehead atoms. The number of nitrogens with two attached hydrogens (primary N) is 1. The van der Waals surface area contributed by atoms with Crippen molar-refractivity contribution in [2.45, 2.75) is 13.0 Å². The fourth-order valence-corrected chi connectivity index (χ4v) is 0.875. The molecule has 0 heterocycles. The van der Waals surface area contributed by atoms with Crippen molar-refractivity contribution in [2.24, 2.45) is 5.73 Å². The van der Waals surface area contributed by atoms with Crippen LogP contribution in [0.2, 0.25) is 0 Å². The quantitative estimate of drug-likeness (QED) is 0.563. The third kappa shape index (κ3) is 3.07. The second-order valence-corrected chi connectivity index (χ2v) is 3.04. The second kappa shape index (κ2) is 4.56. The van der Waals surface area contributed by atoms with Crippen molar-refractivity contribution in [2.75, 3.05) is 0 Å². The number of rotatable bonds is 3. The van der Waals surface area contributed by atoms with E-state index in [0.29, 0.717) is 0 Å². The summed E-state index contributed by atoms with van der Waals surface area (Å²) in [5.41, 5.74) is 5.43. The summed E-state index contributed by atoms with van der Waals surface area (Å²) >= 11 is 0. The molecule has 5 heteroatoms. The summed E-state index contributed by atoms with van der Waals surface area (Å²) < 4.78 is 4.85. The fourth-order valence-electron chi connectivity index (χ4n) is 0.875. The van der Waals surface area contributed by atoms with Gasteiger partial charge in [-0.15, -0.1) is 0 Å². The molecule has 1 atom stereocenters. The molecule has 0 fully saturated rings. The maximum atomic E-state index is 11.1. The number of carbonyl (C=O) groups is 2. The Kier molecular flexibility index (Phi) is 3.41. The molecule has 0 unspecified atom stereocenters. The molecule has 3 N–H and O–H groups in total. The minimum absolute atomic E-state index is 0.135. The number of hydrogen-bond acceptors (Lipinski definition) is 4. The predicted octanol–water partition coefficient (Wildman–Crippen LogP) is 0.637. The molecule has 0 spiro atoms. The van der Waals surface area contributed by atoms with E-state index < -0.39 is 18.0 Å². The lowest BCUT2D eigenvalue weighted by Crippen LogP contribution is -2.30. The Hall–Kier alpha value is -1.88. The zero-order valence-corrected chi connectivity index (χ0v) is 8.14. The summed E-state index contributed by atoms with van der Waals surface area (Å²) in [6.45, 7) is 1.51. The number of benzene rings is 1. The Morgan fingerprint density at radius 1 is 1.33 bits per heavy atom. The first-order valence-corrected chi connectivity index (χ1v) is 4.31. The van der Waals surface area contributed by atoms with Gasteiger partial charge in [0.05, 0.1) is 5.56 Å². The molecule has 1 aromatic carbocycles. The monoisotopic (exact) mass is 209 g/mol. The third-order valence-electron chi connectivity index (χ3n) is 1.69. The molecule has 15 heavy (non-hydrogen) atoms. The molecule has 0 saturated heterocycles. The maximum absolute atomic E-state index is 11.1. The molecule has 1 rings (SSSR count). The Bertz CT molecular complexity index is 370. The van der Waals surface area contributed by atoms with E-state index in [1.807, 2.05) is 0 Å². The van der Waals surface area contributed by atoms with Gasteiger partial charge in [-0.3, -0.25) is 0 Å². The van der Waals surface area contributed by atoms with Crippen LogP contribution in [-0.2, 0) is 4.79 Å². The minimum Gasteiger partial charge on any atom is -0.478 e. The standard InChI is InChI=1S/C10H11NO4/c1-6(11)10(14)15-8-4-2-7(3-5-8)9(12)13/h2-6H,11H2,1H3,(H,12,13)/t6-/m0/s1. The molecule has 0 saturated carbocycles. The van der Waals surface area contributed by atoms with E-state index in [1.165, 1.54) is 31.2 Å². The summed E-state index contributed by atoms with van der Waals surface area (Å²) in [5.74, 6) is -1.31. The van der Waals surface area contributed by atoms with Gasteiger partial charge in [0.2, 0.25) is 0 Å². The summed E-state index contributed by atoms with van der Waals surface area (Å²) in [4.78, 5) is 21.6. The van der Waals surface area contributed by atoms with Crippen LogP contribution < -0.4 is 10.5 Å². The van der Waals surface area contributed by atoms with Crippen LogP contribution in [0.25, 0.3) is 0 Å². The van der Waals surface area contributed by atoms with Crippen LogP contribution >= 0.6 is 0 Å². The van der Waals surface area contributed by atoms with Crippen LogP contribution in [0.5, 0.6) is 5.75 Å². The highest BCUT2D eigenvalue weighted by atomic mass is 16.5. The number of hydrogen-bond donors (Lipinski definition) is 2. The van der Waals surface area contributed by atoms with Gasteiger partial charge in [0.15, 0.2) is 0 Å². The number of ether oxygens (including phenoxy) is 1. The van der Waals surface area contributed by atoms with Gasteiger partial charge in [-0.2, -0.15) is 0 Å². The highest BCUT2D eigenvalue weighted by Crippen LogP contribution is 2.12. The normalized spacial score (nSPS) is 11.9. The molecule has 0 aliphatic carbocycles. The number of carboxylic acid groups (broad SMARTS) is 1. The largest absolute Gasteiger partial charge is 0.478 e. The van der Waals surface area contributed by atoms with Gasteiger partial charge in [-0.05, 0) is 31.2 Å². The summed E-state index contributed by atoms with van der Waals surface area (Å²) in [7, 11) is 0. The number of esters is 1. The van der Waals surface area contributed by atoms with Crippen molar-refractivity contribution in [3.63, 3.8) is 0 Å². The van der Waals surface area contributed by atoms with Crippen molar-refractivity contribution < 1.29 is 19.4 Å². The third-order valence-corrected chi connectivity index (χ3v) is 1.69. The van der Waals surface area contributed by atoms with Crippen molar-refractivity contribution in [3.05, 3.63) is 29.8 Å². The molecule has 80 valence electrons. The first kappa shape index (κ1) is 11.2. The fraction of sp³-hybridized carbons (Fsp3) is 0.200. The zero-order chi connectivity index (χ0) is 11.4. The maximum Gasteiger partial charge on any atom is 0.335 e. The molecule has 0 aliphatic rings. The van der Waals surface area contributed by atoms with Crippen molar-refractivity contribution >= 4 is 11.9 Å². The average molecular weight is 209 g/mol. The van der Waals surface area contributed by atoms with Gasteiger partial charge in [0, 0.05) is 0 Å². The first-order valence-electron chi connectivity index (χ1n) is 4.31. The number of carbonyl (C=O) groups excluding carboxylic acids is 1. The first-order chi connectivity index (χ1) is 7.00. The van der Waals surface area contributed by atoms with Crippen molar-refractivity contribution in [3.8, 4) is 5.75 Å². The average Bonchev–Trinajstić information content (AvgIpc) is 2.18. The molecule has 0 aliphatic heterocycles. The summed E-state index contributed by atoms with van der Waals surface area (Å²) in [6.07, 6.45) is 0. The van der Waals surface area contributed by atoms with E-state index in [2.05, 4.69) is 0 Å². The van der Waals surface area contributed by atoms with E-state index in [0.717, 1.165) is 0 Å². The van der Waals surface area contributed by atoms with Crippen LogP contribution in [0.3, 0.4) is 0 Å². The van der Waals surface area contributed by atoms with Crippen molar-refractivity contribution in [1.29, 1.82) is 0 Å². The zero-order valence-electron chi connectivity index (χ0n) is 8.14. The molecule has 0 aromatic heterocycles. The van der Waals surface area contributed by atoms with E-state index in [-0.39, 0.29) is 11.3 Å². The second-order valence-electron chi connectivity index (χ2n) is 3.04. The molecule has 1 aromatic rings. The lowest BCUT2D eigenvalue weighted by molar-refractivity contribution is -0.135. The highest BCUT2D eigenvalue weighted by Gasteiger charge is 2.10. The topological polar surface area (TPSA) is 89.6 Å². The van der Waals surface area contributed by atoms with Crippen LogP contribution in [0.4, 0.5) is 0 Å². The van der Waals surface area contributed by atoms with Crippen molar-refractivity contribution in [1.82, 2.24) is 0 Å². The molecular weight excluding hydrogens is 198 g/mol.